The fraction of sp³-hybridized carbons (Fsp3) is 0.727. The average molecular weight is 184 g/mol. The molecule has 0 rings (SSSR count). The highest BCUT2D eigenvalue weighted by atomic mass is 16.5. The van der Waals surface area contributed by atoms with Gasteiger partial charge in [-0.05, 0) is 17.9 Å². The van der Waals surface area contributed by atoms with Gasteiger partial charge < -0.3 is 4.74 Å². The van der Waals surface area contributed by atoms with Crippen LogP contribution >= 0.6 is 0 Å². The molecule has 0 saturated carbocycles. The normalized spacial score (nSPS) is 11.9. The van der Waals surface area contributed by atoms with E-state index in [4.69, 9.17) is 4.74 Å². The molecule has 0 aromatic heterocycles. The van der Waals surface area contributed by atoms with Crippen molar-refractivity contribution in [3.8, 4) is 0 Å². The monoisotopic (exact) mass is 184 g/mol. The van der Waals surface area contributed by atoms with Gasteiger partial charge in [-0.25, -0.2) is 0 Å². The number of rotatable bonds is 5. The minimum atomic E-state index is -0.206. The fourth-order valence-corrected chi connectivity index (χ4v) is 0.976. The minimum Gasteiger partial charge on any atom is -0.461 e. The van der Waals surface area contributed by atoms with Gasteiger partial charge in [-0.15, -0.1) is 0 Å². The van der Waals surface area contributed by atoms with E-state index in [1.807, 2.05) is 0 Å². The van der Waals surface area contributed by atoms with E-state index in [2.05, 4.69) is 26.8 Å². The Bertz CT molecular complexity index is 181. The van der Waals surface area contributed by atoms with Crippen molar-refractivity contribution in [2.24, 2.45) is 5.92 Å². The Morgan fingerprint density at radius 2 is 2.08 bits per heavy atom. The maximum absolute atomic E-state index is 10.6. The number of carbonyl (C=O) groups is 1. The molecule has 76 valence electrons. The van der Waals surface area contributed by atoms with Gasteiger partial charge in [0.2, 0.25) is 0 Å². The maximum Gasteiger partial charge on any atom is 0.302 e. The highest BCUT2D eigenvalue weighted by molar-refractivity contribution is 5.66. The molecule has 0 aliphatic heterocycles. The van der Waals surface area contributed by atoms with Crippen LogP contribution in [-0.2, 0) is 9.53 Å². The number of esters is 1. The summed E-state index contributed by atoms with van der Waals surface area (Å²) in [6.45, 7) is 8.26. The van der Waals surface area contributed by atoms with Crippen LogP contribution in [0.25, 0.3) is 0 Å². The van der Waals surface area contributed by atoms with Gasteiger partial charge in [0, 0.05) is 6.92 Å². The SMILES string of the molecule is CCCC=C(COC(C)=O)C(C)C. The molecular formula is C11H20O2. The van der Waals surface area contributed by atoms with Crippen LogP contribution in [0.1, 0.15) is 40.5 Å². The molecule has 0 atom stereocenters. The van der Waals surface area contributed by atoms with Crippen molar-refractivity contribution < 1.29 is 9.53 Å². The Labute approximate surface area is 81.0 Å². The Morgan fingerprint density at radius 3 is 2.46 bits per heavy atom. The zero-order valence-corrected chi connectivity index (χ0v) is 9.09. The highest BCUT2D eigenvalue weighted by Crippen LogP contribution is 2.11. The van der Waals surface area contributed by atoms with Gasteiger partial charge >= 0.3 is 5.97 Å². The van der Waals surface area contributed by atoms with Crippen LogP contribution in [0.5, 0.6) is 0 Å². The van der Waals surface area contributed by atoms with Crippen molar-refractivity contribution in [1.29, 1.82) is 0 Å². The predicted octanol–water partition coefficient (Wildman–Crippen LogP) is 2.93. The average Bonchev–Trinajstić information content (AvgIpc) is 2.03. The lowest BCUT2D eigenvalue weighted by Gasteiger charge is -2.11. The summed E-state index contributed by atoms with van der Waals surface area (Å²) in [7, 11) is 0. The van der Waals surface area contributed by atoms with Gasteiger partial charge in [0.05, 0.1) is 0 Å². The van der Waals surface area contributed by atoms with Crippen LogP contribution in [0.4, 0.5) is 0 Å². The molecule has 0 amide bonds. The van der Waals surface area contributed by atoms with Crippen LogP contribution < -0.4 is 0 Å². The van der Waals surface area contributed by atoms with Crippen molar-refractivity contribution >= 4 is 5.97 Å². The third-order valence-corrected chi connectivity index (χ3v) is 1.88. The lowest BCUT2D eigenvalue weighted by atomic mass is 10.0. The minimum absolute atomic E-state index is 0.206. The summed E-state index contributed by atoms with van der Waals surface area (Å²) >= 11 is 0. The molecule has 0 fully saturated rings. The van der Waals surface area contributed by atoms with Gasteiger partial charge in [0.25, 0.3) is 0 Å². The van der Waals surface area contributed by atoms with E-state index in [-0.39, 0.29) is 5.97 Å². The number of ether oxygens (including phenoxy) is 1. The van der Waals surface area contributed by atoms with Gasteiger partial charge in [-0.3, -0.25) is 4.79 Å². The number of hydrogen-bond donors (Lipinski definition) is 0. The van der Waals surface area contributed by atoms with Crippen molar-refractivity contribution in [1.82, 2.24) is 0 Å². The fourth-order valence-electron chi connectivity index (χ4n) is 0.976. The molecule has 2 nitrogen and oxygen atoms in total. The molecule has 0 bridgehead atoms. The first-order chi connectivity index (χ1) is 6.07. The van der Waals surface area contributed by atoms with Crippen molar-refractivity contribution in [2.75, 3.05) is 6.61 Å². The molecule has 0 radical (unpaired) electrons. The summed E-state index contributed by atoms with van der Waals surface area (Å²) in [6.07, 6.45) is 4.37. The number of carbonyl (C=O) groups excluding carboxylic acids is 1. The molecule has 0 aromatic carbocycles. The summed E-state index contributed by atoms with van der Waals surface area (Å²) in [5.74, 6) is 0.258. The molecule has 0 unspecified atom stereocenters. The Kier molecular flexibility index (Phi) is 6.29. The van der Waals surface area contributed by atoms with Crippen LogP contribution in [0.2, 0.25) is 0 Å². The second-order valence-corrected chi connectivity index (χ2v) is 3.50. The lowest BCUT2D eigenvalue weighted by Crippen LogP contribution is -2.07. The van der Waals surface area contributed by atoms with Gasteiger partial charge in [0.15, 0.2) is 0 Å². The largest absolute Gasteiger partial charge is 0.461 e. The van der Waals surface area contributed by atoms with Gasteiger partial charge in [-0.1, -0.05) is 33.3 Å². The standard InChI is InChI=1S/C11H20O2/c1-5-6-7-11(9(2)3)8-13-10(4)12/h7,9H,5-6,8H2,1-4H3. The van der Waals surface area contributed by atoms with Crippen LogP contribution in [-0.4, -0.2) is 12.6 Å². The number of allylic oxidation sites excluding steroid dienone is 1. The topological polar surface area (TPSA) is 26.3 Å². The van der Waals surface area contributed by atoms with E-state index < -0.39 is 0 Å². The zero-order valence-electron chi connectivity index (χ0n) is 9.09. The quantitative estimate of drug-likeness (QED) is 0.485. The molecule has 0 aliphatic rings. The number of unbranched alkanes of at least 4 members (excludes halogenated alkanes) is 1. The third-order valence-electron chi connectivity index (χ3n) is 1.88. The first kappa shape index (κ1) is 12.2. The summed E-state index contributed by atoms with van der Waals surface area (Å²) in [5, 5.41) is 0. The molecular weight excluding hydrogens is 164 g/mol. The van der Waals surface area contributed by atoms with Crippen molar-refractivity contribution in [2.45, 2.75) is 40.5 Å². The Hall–Kier alpha value is -0.790. The van der Waals surface area contributed by atoms with Crippen molar-refractivity contribution in [3.63, 3.8) is 0 Å². The molecule has 13 heavy (non-hydrogen) atoms. The second kappa shape index (κ2) is 6.70. The van der Waals surface area contributed by atoms with E-state index in [9.17, 15) is 4.79 Å². The lowest BCUT2D eigenvalue weighted by molar-refractivity contribution is -0.140. The van der Waals surface area contributed by atoms with Crippen LogP contribution in [0, 0.1) is 5.92 Å². The van der Waals surface area contributed by atoms with E-state index in [1.165, 1.54) is 12.5 Å². The van der Waals surface area contributed by atoms with Crippen molar-refractivity contribution in [3.05, 3.63) is 11.6 Å². The molecule has 0 N–H and O–H groups in total. The summed E-state index contributed by atoms with van der Waals surface area (Å²) < 4.78 is 4.96. The first-order valence-corrected chi connectivity index (χ1v) is 4.90. The highest BCUT2D eigenvalue weighted by Gasteiger charge is 2.04. The van der Waals surface area contributed by atoms with Gasteiger partial charge in [-0.2, -0.15) is 0 Å². The third kappa shape index (κ3) is 6.38. The zero-order chi connectivity index (χ0) is 10.3. The van der Waals surface area contributed by atoms with Crippen LogP contribution in [0.15, 0.2) is 11.6 Å². The Balaban J connectivity index is 4.02. The molecule has 0 heterocycles. The molecule has 0 saturated heterocycles. The number of hydrogen-bond acceptors (Lipinski definition) is 2. The summed E-state index contributed by atoms with van der Waals surface area (Å²) in [5.41, 5.74) is 1.22. The summed E-state index contributed by atoms with van der Waals surface area (Å²) in [6, 6.07) is 0. The van der Waals surface area contributed by atoms with E-state index in [0.717, 1.165) is 12.8 Å². The molecule has 0 aromatic rings. The van der Waals surface area contributed by atoms with Crippen LogP contribution in [0.3, 0.4) is 0 Å². The molecule has 2 heteroatoms. The first-order valence-electron chi connectivity index (χ1n) is 4.90. The molecule has 0 aliphatic carbocycles. The smallest absolute Gasteiger partial charge is 0.302 e. The predicted molar refractivity (Wildman–Crippen MR) is 54.5 cm³/mol. The molecule has 0 spiro atoms. The summed E-state index contributed by atoms with van der Waals surface area (Å²) in [4.78, 5) is 10.6. The second-order valence-electron chi connectivity index (χ2n) is 3.50. The van der Waals surface area contributed by atoms with E-state index in [1.54, 1.807) is 0 Å². The maximum atomic E-state index is 10.6. The van der Waals surface area contributed by atoms with E-state index in [0.29, 0.717) is 12.5 Å². The van der Waals surface area contributed by atoms with Gasteiger partial charge in [0.1, 0.15) is 6.61 Å². The van der Waals surface area contributed by atoms with E-state index >= 15 is 0 Å². The Morgan fingerprint density at radius 1 is 1.46 bits per heavy atom.